The Labute approximate surface area is 138 Å². The number of carbonyl (C=O) groups is 1. The Balaban J connectivity index is 0.000000459. The summed E-state index contributed by atoms with van der Waals surface area (Å²) in [6.45, 7) is 2.23. The number of non-ortho nitro benzene ring substituents is 1. The summed E-state index contributed by atoms with van der Waals surface area (Å²) >= 11 is 0. The van der Waals surface area contributed by atoms with Crippen LogP contribution in [0.15, 0.2) is 30.3 Å². The molecule has 0 aliphatic heterocycles. The van der Waals surface area contributed by atoms with Gasteiger partial charge in [-0.1, -0.05) is 76.5 Å². The second-order valence-electron chi connectivity index (χ2n) is 5.56. The zero-order valence-corrected chi connectivity index (χ0v) is 14.1. The second-order valence-corrected chi connectivity index (χ2v) is 5.56. The second kappa shape index (κ2) is 15.0. The average Bonchev–Trinajstić information content (AvgIpc) is 2.54. The normalized spacial score (nSPS) is 9.78. The van der Waals surface area contributed by atoms with Crippen LogP contribution in [-0.4, -0.2) is 16.0 Å². The van der Waals surface area contributed by atoms with Crippen LogP contribution in [0, 0.1) is 10.1 Å². The minimum atomic E-state index is -0.659. The van der Waals surface area contributed by atoms with Crippen molar-refractivity contribution in [3.8, 4) is 0 Å². The summed E-state index contributed by atoms with van der Waals surface area (Å²) in [5.41, 5.74) is 0.137. The van der Waals surface area contributed by atoms with Gasteiger partial charge in [0.15, 0.2) is 0 Å². The summed E-state index contributed by atoms with van der Waals surface area (Å²) in [6.07, 6.45) is 11.5. The molecule has 1 aromatic carbocycles. The molecule has 0 spiro atoms. The molecule has 0 fully saturated rings. The number of para-hydroxylation sites is 1. The third-order valence-corrected chi connectivity index (χ3v) is 3.46. The van der Waals surface area contributed by atoms with Crippen molar-refractivity contribution >= 4 is 11.7 Å². The van der Waals surface area contributed by atoms with Gasteiger partial charge in [-0.05, 0) is 6.42 Å². The van der Waals surface area contributed by atoms with Crippen LogP contribution in [0.4, 0.5) is 5.69 Å². The number of unbranched alkanes of at least 4 members (excludes halogenated alkanes) is 8. The van der Waals surface area contributed by atoms with Crippen LogP contribution >= 0.6 is 0 Å². The van der Waals surface area contributed by atoms with Gasteiger partial charge in [-0.15, -0.1) is 0 Å². The van der Waals surface area contributed by atoms with Crippen molar-refractivity contribution in [2.75, 3.05) is 0 Å². The van der Waals surface area contributed by atoms with Crippen molar-refractivity contribution in [2.45, 2.75) is 71.1 Å². The number of carboxylic acid groups (broad SMARTS) is 1. The summed E-state index contributed by atoms with van der Waals surface area (Å²) in [6, 6.07) is 7.93. The van der Waals surface area contributed by atoms with Gasteiger partial charge < -0.3 is 5.11 Å². The van der Waals surface area contributed by atoms with Crippen molar-refractivity contribution in [3.05, 3.63) is 40.4 Å². The first-order valence-electron chi connectivity index (χ1n) is 8.49. The average molecular weight is 323 g/mol. The Morgan fingerprint density at radius 2 is 1.43 bits per heavy atom. The third kappa shape index (κ3) is 14.8. The number of benzene rings is 1. The molecule has 1 N–H and O–H groups in total. The minimum absolute atomic E-state index is 0.137. The molecule has 5 nitrogen and oxygen atoms in total. The van der Waals surface area contributed by atoms with Gasteiger partial charge in [0.1, 0.15) is 0 Å². The number of rotatable bonds is 11. The molecule has 0 unspecified atom stereocenters. The summed E-state index contributed by atoms with van der Waals surface area (Å²) in [4.78, 5) is 19.8. The standard InChI is InChI=1S/C12H24O2.C6H5NO2/c1-2-3-4-5-6-7-8-9-10-11-12(13)14;8-7(9)6-4-2-1-3-5-6/h2-11H2,1H3,(H,13,14);1-5H. The maximum absolute atomic E-state index is 10.2. The van der Waals surface area contributed by atoms with Crippen molar-refractivity contribution < 1.29 is 14.8 Å². The predicted molar refractivity (Wildman–Crippen MR) is 92.6 cm³/mol. The van der Waals surface area contributed by atoms with E-state index in [-0.39, 0.29) is 5.69 Å². The zero-order chi connectivity index (χ0) is 17.3. The molecular weight excluding hydrogens is 294 g/mol. The first-order chi connectivity index (χ1) is 11.1. The van der Waals surface area contributed by atoms with Crippen LogP contribution in [0.1, 0.15) is 71.1 Å². The lowest BCUT2D eigenvalue weighted by atomic mass is 10.1. The highest BCUT2D eigenvalue weighted by Crippen LogP contribution is 2.10. The molecule has 0 aliphatic rings. The first-order valence-corrected chi connectivity index (χ1v) is 8.49. The summed E-state index contributed by atoms with van der Waals surface area (Å²) in [7, 11) is 0. The van der Waals surface area contributed by atoms with Crippen LogP contribution in [-0.2, 0) is 4.79 Å². The highest BCUT2D eigenvalue weighted by molar-refractivity contribution is 5.66. The predicted octanol–water partition coefficient (Wildman–Crippen LogP) is 5.59. The molecule has 0 bridgehead atoms. The van der Waals surface area contributed by atoms with E-state index >= 15 is 0 Å². The fraction of sp³-hybridized carbons (Fsp3) is 0.611. The van der Waals surface area contributed by atoms with Gasteiger partial charge >= 0.3 is 5.97 Å². The number of nitrogens with zero attached hydrogens (tertiary/aromatic N) is 1. The maximum atomic E-state index is 10.2. The molecule has 1 aromatic rings. The largest absolute Gasteiger partial charge is 0.481 e. The summed E-state index contributed by atoms with van der Waals surface area (Å²) in [5, 5.41) is 18.4. The van der Waals surface area contributed by atoms with E-state index in [2.05, 4.69) is 6.92 Å². The van der Waals surface area contributed by atoms with Gasteiger partial charge in [0, 0.05) is 18.6 Å². The van der Waals surface area contributed by atoms with Crippen molar-refractivity contribution in [2.24, 2.45) is 0 Å². The zero-order valence-electron chi connectivity index (χ0n) is 14.1. The third-order valence-electron chi connectivity index (χ3n) is 3.46. The number of hydrogen-bond acceptors (Lipinski definition) is 3. The van der Waals surface area contributed by atoms with E-state index in [4.69, 9.17) is 5.11 Å². The molecule has 130 valence electrons. The SMILES string of the molecule is CCCCCCCCCCCC(=O)O.O=[N+]([O-])c1ccccc1. The molecule has 1 rings (SSSR count). The molecule has 0 aromatic heterocycles. The Morgan fingerprint density at radius 1 is 0.957 bits per heavy atom. The fourth-order valence-corrected chi connectivity index (χ4v) is 2.14. The molecule has 0 saturated heterocycles. The van der Waals surface area contributed by atoms with Crippen molar-refractivity contribution in [3.63, 3.8) is 0 Å². The van der Waals surface area contributed by atoms with Gasteiger partial charge in [0.25, 0.3) is 5.69 Å². The van der Waals surface area contributed by atoms with Gasteiger partial charge in [-0.25, -0.2) is 0 Å². The highest BCUT2D eigenvalue weighted by atomic mass is 16.6. The lowest BCUT2D eigenvalue weighted by Crippen LogP contribution is -1.93. The summed E-state index contributed by atoms with van der Waals surface area (Å²) < 4.78 is 0. The highest BCUT2D eigenvalue weighted by Gasteiger charge is 1.98. The minimum Gasteiger partial charge on any atom is -0.481 e. The number of nitro benzene ring substituents is 1. The fourth-order valence-electron chi connectivity index (χ4n) is 2.14. The van der Waals surface area contributed by atoms with Crippen LogP contribution < -0.4 is 0 Å². The van der Waals surface area contributed by atoms with Crippen molar-refractivity contribution in [1.29, 1.82) is 0 Å². The van der Waals surface area contributed by atoms with Crippen LogP contribution in [0.25, 0.3) is 0 Å². The monoisotopic (exact) mass is 323 g/mol. The lowest BCUT2D eigenvalue weighted by Gasteiger charge is -2.00. The summed E-state index contributed by atoms with van der Waals surface area (Å²) in [5.74, 6) is -0.659. The quantitative estimate of drug-likeness (QED) is 0.327. The van der Waals surface area contributed by atoms with Crippen LogP contribution in [0.3, 0.4) is 0 Å². The van der Waals surface area contributed by atoms with E-state index in [0.717, 1.165) is 12.8 Å². The topological polar surface area (TPSA) is 80.4 Å². The molecular formula is C18H29NO4. The number of aliphatic carboxylic acids is 1. The molecule has 23 heavy (non-hydrogen) atoms. The van der Waals surface area contributed by atoms with Gasteiger partial charge in [-0.2, -0.15) is 0 Å². The molecule has 0 amide bonds. The van der Waals surface area contributed by atoms with Gasteiger partial charge in [0.05, 0.1) is 4.92 Å². The smallest absolute Gasteiger partial charge is 0.303 e. The van der Waals surface area contributed by atoms with Gasteiger partial charge in [0.2, 0.25) is 0 Å². The van der Waals surface area contributed by atoms with Gasteiger partial charge in [-0.3, -0.25) is 14.9 Å². The Kier molecular flexibility index (Phi) is 13.8. The van der Waals surface area contributed by atoms with E-state index in [0.29, 0.717) is 6.42 Å². The maximum Gasteiger partial charge on any atom is 0.303 e. The number of nitro groups is 1. The number of hydrogen-bond donors (Lipinski definition) is 1. The molecule has 5 heteroatoms. The van der Waals surface area contributed by atoms with E-state index < -0.39 is 10.9 Å². The van der Waals surface area contributed by atoms with Crippen LogP contribution in [0.2, 0.25) is 0 Å². The molecule has 0 radical (unpaired) electrons. The molecule has 0 saturated carbocycles. The molecule has 0 aliphatic carbocycles. The molecule has 0 atom stereocenters. The Bertz CT molecular complexity index is 420. The number of carboxylic acids is 1. The van der Waals surface area contributed by atoms with E-state index in [1.165, 1.54) is 57.1 Å². The Hall–Kier alpha value is -1.91. The first kappa shape index (κ1) is 21.1. The Morgan fingerprint density at radius 3 is 1.83 bits per heavy atom. The van der Waals surface area contributed by atoms with E-state index in [1.807, 2.05) is 0 Å². The molecule has 0 heterocycles. The van der Waals surface area contributed by atoms with E-state index in [9.17, 15) is 14.9 Å². The lowest BCUT2D eigenvalue weighted by molar-refractivity contribution is -0.384. The van der Waals surface area contributed by atoms with Crippen molar-refractivity contribution in [1.82, 2.24) is 0 Å². The van der Waals surface area contributed by atoms with E-state index in [1.54, 1.807) is 18.2 Å². The van der Waals surface area contributed by atoms with Crippen LogP contribution in [0.5, 0.6) is 0 Å².